The van der Waals surface area contributed by atoms with E-state index in [1.54, 1.807) is 26.8 Å². The predicted octanol–water partition coefficient (Wildman–Crippen LogP) is 5.84. The maximum absolute atomic E-state index is 14.9. The lowest BCUT2D eigenvalue weighted by molar-refractivity contribution is -0.157. The lowest BCUT2D eigenvalue weighted by atomic mass is 10.0. The van der Waals surface area contributed by atoms with Gasteiger partial charge in [0, 0.05) is 10.6 Å². The second-order valence-corrected chi connectivity index (χ2v) is 10.4. The highest BCUT2D eigenvalue weighted by atomic mass is 35.5. The van der Waals surface area contributed by atoms with Crippen molar-refractivity contribution in [2.45, 2.75) is 36.2 Å². The average Bonchev–Trinajstić information content (AvgIpc) is 2.71. The van der Waals surface area contributed by atoms with Crippen LogP contribution in [-0.2, 0) is 19.4 Å². The topological polar surface area (TPSA) is 69.7 Å². The van der Waals surface area contributed by atoms with Gasteiger partial charge in [0.05, 0.1) is 4.90 Å². The molecule has 0 atom stereocenters. The van der Waals surface area contributed by atoms with Crippen LogP contribution < -0.4 is 4.74 Å². The highest BCUT2D eigenvalue weighted by Gasteiger charge is 2.27. The number of ether oxygens (including phenoxy) is 2. The summed E-state index contributed by atoms with van der Waals surface area (Å²) >= 11 is 6.05. The summed E-state index contributed by atoms with van der Waals surface area (Å²) in [4.78, 5) is 10.7. The molecule has 0 saturated heterocycles. The number of hydrogen-bond donors (Lipinski definition) is 0. The summed E-state index contributed by atoms with van der Waals surface area (Å²) < 4.78 is 66.1. The quantitative estimate of drug-likeness (QED) is 0.403. The van der Waals surface area contributed by atoms with Crippen LogP contribution in [0.5, 0.6) is 5.75 Å². The van der Waals surface area contributed by atoms with Crippen LogP contribution in [0.1, 0.15) is 20.8 Å². The predicted molar refractivity (Wildman–Crippen MR) is 120 cm³/mol. The Morgan fingerprint density at radius 2 is 1.58 bits per heavy atom. The van der Waals surface area contributed by atoms with Gasteiger partial charge in [0.25, 0.3) is 0 Å². The Balaban J connectivity index is 1.99. The fourth-order valence-corrected chi connectivity index (χ4v) is 4.61. The summed E-state index contributed by atoms with van der Waals surface area (Å²) in [6, 6.07) is 13.1. The molecular formula is C24H21ClF2O5S. The molecule has 3 rings (SSSR count). The molecule has 3 aromatic carbocycles. The molecule has 0 aliphatic carbocycles. The number of benzene rings is 3. The van der Waals surface area contributed by atoms with Crippen molar-refractivity contribution in [3.63, 3.8) is 0 Å². The van der Waals surface area contributed by atoms with Gasteiger partial charge in [-0.05, 0) is 68.8 Å². The van der Waals surface area contributed by atoms with Crippen molar-refractivity contribution in [1.29, 1.82) is 0 Å². The second-order valence-electron chi connectivity index (χ2n) is 8.10. The van der Waals surface area contributed by atoms with E-state index >= 15 is 0 Å². The monoisotopic (exact) mass is 494 g/mol. The highest BCUT2D eigenvalue weighted by molar-refractivity contribution is 7.91. The average molecular weight is 495 g/mol. The first-order valence-corrected chi connectivity index (χ1v) is 11.7. The molecule has 0 aliphatic rings. The van der Waals surface area contributed by atoms with E-state index in [4.69, 9.17) is 21.1 Å². The van der Waals surface area contributed by atoms with E-state index in [1.165, 1.54) is 42.5 Å². The molecule has 0 aliphatic heterocycles. The van der Waals surface area contributed by atoms with E-state index in [-0.39, 0.29) is 26.8 Å². The van der Waals surface area contributed by atoms with Crippen molar-refractivity contribution < 1.29 is 31.5 Å². The Labute approximate surface area is 195 Å². The third kappa shape index (κ3) is 5.89. The molecule has 0 radical (unpaired) electrons. The first kappa shape index (κ1) is 24.7. The molecule has 5 nitrogen and oxygen atoms in total. The molecule has 0 bridgehead atoms. The number of rotatable bonds is 6. The normalized spacial score (nSPS) is 11.8. The molecule has 0 saturated carbocycles. The van der Waals surface area contributed by atoms with E-state index < -0.39 is 44.5 Å². The SMILES string of the molecule is CC(C)(C)OC(=O)COc1ccc(Cl)cc1-c1cc(F)c(S(=O)(=O)c2ccccc2)c(F)c1. The Kier molecular flexibility index (Phi) is 7.09. The van der Waals surface area contributed by atoms with E-state index in [1.807, 2.05) is 0 Å². The first-order chi connectivity index (χ1) is 15.4. The zero-order chi connectivity index (χ0) is 24.4. The molecular weight excluding hydrogens is 474 g/mol. The molecule has 0 N–H and O–H groups in total. The van der Waals surface area contributed by atoms with Crippen molar-refractivity contribution in [2.24, 2.45) is 0 Å². The number of carbonyl (C=O) groups excluding carboxylic acids is 1. The van der Waals surface area contributed by atoms with Gasteiger partial charge in [-0.15, -0.1) is 0 Å². The van der Waals surface area contributed by atoms with Crippen molar-refractivity contribution in [2.75, 3.05) is 6.61 Å². The summed E-state index contributed by atoms with van der Waals surface area (Å²) in [7, 11) is -4.42. The second kappa shape index (κ2) is 9.49. The number of carbonyl (C=O) groups is 1. The van der Waals surface area contributed by atoms with Crippen LogP contribution in [0.25, 0.3) is 11.1 Å². The summed E-state index contributed by atoms with van der Waals surface area (Å²) in [5.74, 6) is -3.06. The van der Waals surface area contributed by atoms with Gasteiger partial charge in [-0.25, -0.2) is 22.0 Å². The first-order valence-electron chi connectivity index (χ1n) is 9.82. The van der Waals surface area contributed by atoms with E-state index in [2.05, 4.69) is 0 Å². The number of sulfone groups is 1. The minimum absolute atomic E-state index is 0.0151. The van der Waals surface area contributed by atoms with Gasteiger partial charge < -0.3 is 9.47 Å². The largest absolute Gasteiger partial charge is 0.481 e. The minimum Gasteiger partial charge on any atom is -0.481 e. The molecule has 0 amide bonds. The Morgan fingerprint density at radius 1 is 0.970 bits per heavy atom. The number of halogens is 3. The van der Waals surface area contributed by atoms with Crippen LogP contribution in [0.2, 0.25) is 5.02 Å². The smallest absolute Gasteiger partial charge is 0.344 e. The zero-order valence-electron chi connectivity index (χ0n) is 18.1. The molecule has 0 heterocycles. The zero-order valence-corrected chi connectivity index (χ0v) is 19.6. The molecule has 9 heteroatoms. The molecule has 0 fully saturated rings. The van der Waals surface area contributed by atoms with Gasteiger partial charge in [0.2, 0.25) is 9.84 Å². The van der Waals surface area contributed by atoms with Crippen LogP contribution in [0.4, 0.5) is 8.78 Å². The molecule has 33 heavy (non-hydrogen) atoms. The maximum atomic E-state index is 14.9. The third-order valence-corrected chi connectivity index (χ3v) is 6.39. The molecule has 0 aromatic heterocycles. The molecule has 174 valence electrons. The van der Waals surface area contributed by atoms with Crippen molar-refractivity contribution in [3.05, 3.63) is 77.3 Å². The summed E-state index contributed by atoms with van der Waals surface area (Å²) in [5, 5.41) is 0.247. The summed E-state index contributed by atoms with van der Waals surface area (Å²) in [6.45, 7) is 4.66. The maximum Gasteiger partial charge on any atom is 0.344 e. The standard InChI is InChI=1S/C24H21ClF2O5S/c1-24(2,3)32-22(28)14-31-21-10-9-16(25)13-18(21)15-11-19(26)23(20(27)12-15)33(29,30)17-7-5-4-6-8-17/h4-13H,14H2,1-3H3. The summed E-state index contributed by atoms with van der Waals surface area (Å²) in [6.07, 6.45) is 0. The van der Waals surface area contributed by atoms with Gasteiger partial charge in [-0.2, -0.15) is 0 Å². The lowest BCUT2D eigenvalue weighted by Gasteiger charge is -2.20. The van der Waals surface area contributed by atoms with Gasteiger partial charge in [-0.1, -0.05) is 29.8 Å². The molecule has 3 aromatic rings. The van der Waals surface area contributed by atoms with Crippen LogP contribution in [-0.4, -0.2) is 26.6 Å². The van der Waals surface area contributed by atoms with Crippen molar-refractivity contribution in [3.8, 4) is 16.9 Å². The van der Waals surface area contributed by atoms with Gasteiger partial charge >= 0.3 is 5.97 Å². The summed E-state index contributed by atoms with van der Waals surface area (Å²) in [5.41, 5.74) is -0.554. The Morgan fingerprint density at radius 3 is 2.15 bits per heavy atom. The molecule has 0 spiro atoms. The van der Waals surface area contributed by atoms with E-state index in [0.29, 0.717) is 0 Å². The lowest BCUT2D eigenvalue weighted by Crippen LogP contribution is -2.27. The van der Waals surface area contributed by atoms with E-state index in [9.17, 15) is 22.0 Å². The number of esters is 1. The van der Waals surface area contributed by atoms with Gasteiger partial charge in [0.15, 0.2) is 6.61 Å². The van der Waals surface area contributed by atoms with E-state index in [0.717, 1.165) is 12.1 Å². The van der Waals surface area contributed by atoms with Crippen LogP contribution >= 0.6 is 11.6 Å². The fourth-order valence-electron chi connectivity index (χ4n) is 3.05. The Bertz CT molecular complexity index is 1260. The third-order valence-electron chi connectivity index (χ3n) is 4.34. The van der Waals surface area contributed by atoms with Gasteiger partial charge in [0.1, 0.15) is 27.9 Å². The van der Waals surface area contributed by atoms with Crippen LogP contribution in [0.15, 0.2) is 70.5 Å². The number of hydrogen-bond acceptors (Lipinski definition) is 5. The van der Waals surface area contributed by atoms with Crippen molar-refractivity contribution in [1.82, 2.24) is 0 Å². The van der Waals surface area contributed by atoms with Gasteiger partial charge in [-0.3, -0.25) is 0 Å². The fraction of sp³-hybridized carbons (Fsp3) is 0.208. The molecule has 0 unspecified atom stereocenters. The van der Waals surface area contributed by atoms with Crippen LogP contribution in [0.3, 0.4) is 0 Å². The minimum atomic E-state index is -4.42. The van der Waals surface area contributed by atoms with Crippen molar-refractivity contribution >= 4 is 27.4 Å². The van der Waals surface area contributed by atoms with Crippen LogP contribution in [0, 0.1) is 11.6 Å². The highest BCUT2D eigenvalue weighted by Crippen LogP contribution is 2.36. The Hall–Kier alpha value is -2.97.